The molecule has 1 saturated heterocycles. The molecule has 0 amide bonds. The fourth-order valence-electron chi connectivity index (χ4n) is 2.93. The van der Waals surface area contributed by atoms with Gasteiger partial charge in [0.15, 0.2) is 5.65 Å². The summed E-state index contributed by atoms with van der Waals surface area (Å²) < 4.78 is 31.3. The van der Waals surface area contributed by atoms with Crippen LogP contribution in [0.4, 0.5) is 5.82 Å². The Labute approximate surface area is 144 Å². The normalized spacial score (nSPS) is 23.6. The van der Waals surface area contributed by atoms with Crippen LogP contribution in [0.2, 0.25) is 5.28 Å². The SMILES string of the molecule is C[C@@H]1COCCN1c1nc(Cl)nc2c1cnn2S(=O)(=O)C1(C)CC1. The molecule has 10 heteroatoms. The zero-order chi connectivity index (χ0) is 17.1. The first-order valence-corrected chi connectivity index (χ1v) is 9.66. The lowest BCUT2D eigenvalue weighted by molar-refractivity contribution is 0.0987. The predicted molar refractivity (Wildman–Crippen MR) is 89.9 cm³/mol. The molecule has 130 valence electrons. The summed E-state index contributed by atoms with van der Waals surface area (Å²) in [6, 6.07) is 0.105. The van der Waals surface area contributed by atoms with Crippen LogP contribution in [-0.2, 0) is 14.8 Å². The number of rotatable bonds is 3. The summed E-state index contributed by atoms with van der Waals surface area (Å²) in [5, 5.41) is 4.70. The first-order valence-electron chi connectivity index (χ1n) is 7.84. The summed E-state index contributed by atoms with van der Waals surface area (Å²) in [5.74, 6) is 0.600. The van der Waals surface area contributed by atoms with E-state index in [9.17, 15) is 8.42 Å². The van der Waals surface area contributed by atoms with Crippen molar-refractivity contribution in [1.29, 1.82) is 0 Å². The molecule has 0 aromatic carbocycles. The largest absolute Gasteiger partial charge is 0.377 e. The second kappa shape index (κ2) is 5.27. The van der Waals surface area contributed by atoms with Crippen LogP contribution < -0.4 is 4.90 Å². The number of ether oxygens (including phenoxy) is 1. The Bertz CT molecular complexity index is 909. The van der Waals surface area contributed by atoms with Crippen molar-refractivity contribution in [3.63, 3.8) is 0 Å². The Balaban J connectivity index is 1.89. The molecule has 2 aliphatic rings. The lowest BCUT2D eigenvalue weighted by Crippen LogP contribution is -2.44. The average molecular weight is 372 g/mol. The minimum Gasteiger partial charge on any atom is -0.377 e. The highest BCUT2D eigenvalue weighted by molar-refractivity contribution is 7.91. The van der Waals surface area contributed by atoms with E-state index in [2.05, 4.69) is 20.0 Å². The maximum Gasteiger partial charge on any atom is 0.261 e. The Morgan fingerprint density at radius 2 is 2.12 bits per heavy atom. The topological polar surface area (TPSA) is 90.2 Å². The van der Waals surface area contributed by atoms with Crippen molar-refractivity contribution in [1.82, 2.24) is 19.2 Å². The molecule has 0 radical (unpaired) electrons. The minimum atomic E-state index is -3.61. The molecule has 4 rings (SSSR count). The molecule has 2 aromatic heterocycles. The first-order chi connectivity index (χ1) is 11.3. The Morgan fingerprint density at radius 3 is 2.79 bits per heavy atom. The van der Waals surface area contributed by atoms with Gasteiger partial charge in [-0.05, 0) is 38.3 Å². The van der Waals surface area contributed by atoms with Crippen molar-refractivity contribution >= 4 is 38.5 Å². The summed E-state index contributed by atoms with van der Waals surface area (Å²) in [5.41, 5.74) is 0.233. The molecule has 1 aliphatic heterocycles. The molecular formula is C14H18ClN5O3S. The minimum absolute atomic E-state index is 0.00842. The third kappa shape index (κ3) is 2.29. The second-order valence-electron chi connectivity index (χ2n) is 6.61. The molecule has 0 unspecified atom stereocenters. The number of morpholine rings is 1. The van der Waals surface area contributed by atoms with E-state index < -0.39 is 14.8 Å². The highest BCUT2D eigenvalue weighted by Crippen LogP contribution is 2.44. The summed E-state index contributed by atoms with van der Waals surface area (Å²) in [4.78, 5) is 10.5. The number of nitrogens with zero attached hydrogens (tertiary/aromatic N) is 5. The van der Waals surface area contributed by atoms with Crippen LogP contribution >= 0.6 is 11.6 Å². The number of hydrogen-bond donors (Lipinski definition) is 0. The number of aromatic nitrogens is 4. The highest BCUT2D eigenvalue weighted by atomic mass is 35.5. The fraction of sp³-hybridized carbons (Fsp3) is 0.643. The summed E-state index contributed by atoms with van der Waals surface area (Å²) >= 11 is 6.08. The Morgan fingerprint density at radius 1 is 1.38 bits per heavy atom. The maximum absolute atomic E-state index is 12.8. The van der Waals surface area contributed by atoms with Gasteiger partial charge in [0.2, 0.25) is 5.28 Å². The van der Waals surface area contributed by atoms with Gasteiger partial charge in [0.25, 0.3) is 10.0 Å². The van der Waals surface area contributed by atoms with Gasteiger partial charge in [0, 0.05) is 6.54 Å². The van der Waals surface area contributed by atoms with E-state index in [0.717, 1.165) is 4.09 Å². The van der Waals surface area contributed by atoms with E-state index in [4.69, 9.17) is 16.3 Å². The van der Waals surface area contributed by atoms with E-state index in [-0.39, 0.29) is 17.0 Å². The molecule has 0 bridgehead atoms. The average Bonchev–Trinajstić information content (AvgIpc) is 3.15. The highest BCUT2D eigenvalue weighted by Gasteiger charge is 2.52. The maximum atomic E-state index is 12.8. The summed E-state index contributed by atoms with van der Waals surface area (Å²) in [7, 11) is -3.61. The van der Waals surface area contributed by atoms with Gasteiger partial charge in [0.05, 0.1) is 35.6 Å². The van der Waals surface area contributed by atoms with Gasteiger partial charge in [0.1, 0.15) is 5.82 Å². The lowest BCUT2D eigenvalue weighted by Gasteiger charge is -2.34. The molecule has 0 spiro atoms. The molecule has 2 fully saturated rings. The first kappa shape index (κ1) is 16.0. The van der Waals surface area contributed by atoms with E-state index in [0.29, 0.717) is 43.8 Å². The predicted octanol–water partition coefficient (Wildman–Crippen LogP) is 1.44. The van der Waals surface area contributed by atoms with Crippen molar-refractivity contribution in [3.05, 3.63) is 11.5 Å². The van der Waals surface area contributed by atoms with E-state index >= 15 is 0 Å². The van der Waals surface area contributed by atoms with Crippen LogP contribution in [0.1, 0.15) is 26.7 Å². The van der Waals surface area contributed by atoms with Crippen molar-refractivity contribution in [2.75, 3.05) is 24.7 Å². The second-order valence-corrected chi connectivity index (χ2v) is 9.23. The van der Waals surface area contributed by atoms with Gasteiger partial charge < -0.3 is 9.64 Å². The van der Waals surface area contributed by atoms with Gasteiger partial charge in [-0.1, -0.05) is 0 Å². The van der Waals surface area contributed by atoms with Gasteiger partial charge in [-0.2, -0.15) is 15.1 Å². The summed E-state index contributed by atoms with van der Waals surface area (Å²) in [6.45, 7) is 5.56. The number of halogens is 1. The van der Waals surface area contributed by atoms with Crippen molar-refractivity contribution < 1.29 is 13.2 Å². The molecule has 2 aromatic rings. The van der Waals surface area contributed by atoms with Gasteiger partial charge in [-0.25, -0.2) is 8.42 Å². The fourth-order valence-corrected chi connectivity index (χ4v) is 4.66. The number of fused-ring (bicyclic) bond motifs is 1. The van der Waals surface area contributed by atoms with Crippen LogP contribution in [-0.4, -0.2) is 58.1 Å². The molecule has 0 N–H and O–H groups in total. The quantitative estimate of drug-likeness (QED) is 0.754. The zero-order valence-electron chi connectivity index (χ0n) is 13.4. The number of anilines is 1. The van der Waals surface area contributed by atoms with Crippen LogP contribution in [0.5, 0.6) is 0 Å². The molecule has 24 heavy (non-hydrogen) atoms. The third-order valence-electron chi connectivity index (χ3n) is 4.80. The van der Waals surface area contributed by atoms with Crippen molar-refractivity contribution in [2.45, 2.75) is 37.5 Å². The Kier molecular flexibility index (Phi) is 3.52. The van der Waals surface area contributed by atoms with Gasteiger partial charge in [-0.15, -0.1) is 4.09 Å². The zero-order valence-corrected chi connectivity index (χ0v) is 15.0. The molecule has 1 atom stereocenters. The molecule has 8 nitrogen and oxygen atoms in total. The van der Waals surface area contributed by atoms with Gasteiger partial charge in [-0.3, -0.25) is 0 Å². The smallest absolute Gasteiger partial charge is 0.261 e. The standard InChI is InChI=1S/C14H18ClN5O3S/c1-9-8-23-6-5-19(9)11-10-7-16-20(12(10)18-13(15)17-11)24(21,22)14(2)3-4-14/h7,9H,3-6,8H2,1-2H3/t9-/m1/s1. The van der Waals surface area contributed by atoms with E-state index in [1.54, 1.807) is 6.92 Å². The van der Waals surface area contributed by atoms with E-state index in [1.807, 2.05) is 6.92 Å². The molecular weight excluding hydrogens is 354 g/mol. The molecule has 3 heterocycles. The third-order valence-corrected chi connectivity index (χ3v) is 7.34. The van der Waals surface area contributed by atoms with E-state index in [1.165, 1.54) is 6.20 Å². The molecule has 1 aliphatic carbocycles. The van der Waals surface area contributed by atoms with Crippen LogP contribution in [0, 0.1) is 0 Å². The van der Waals surface area contributed by atoms with Crippen LogP contribution in [0.3, 0.4) is 0 Å². The molecule has 1 saturated carbocycles. The Hall–Kier alpha value is -1.45. The van der Waals surface area contributed by atoms with Crippen LogP contribution in [0.25, 0.3) is 11.0 Å². The van der Waals surface area contributed by atoms with Crippen LogP contribution in [0.15, 0.2) is 6.20 Å². The van der Waals surface area contributed by atoms with Crippen molar-refractivity contribution in [2.24, 2.45) is 0 Å². The lowest BCUT2D eigenvalue weighted by atomic mass is 10.2. The summed E-state index contributed by atoms with van der Waals surface area (Å²) in [6.07, 6.45) is 2.76. The van der Waals surface area contributed by atoms with Crippen molar-refractivity contribution in [3.8, 4) is 0 Å². The van der Waals surface area contributed by atoms with Gasteiger partial charge >= 0.3 is 0 Å². The monoisotopic (exact) mass is 371 g/mol. The number of hydrogen-bond acceptors (Lipinski definition) is 7.